The third kappa shape index (κ3) is 6.67. The van der Waals surface area contributed by atoms with Gasteiger partial charge >= 0.3 is 12.4 Å². The summed E-state index contributed by atoms with van der Waals surface area (Å²) in [5.41, 5.74) is 0.505. The van der Waals surface area contributed by atoms with Crippen LogP contribution < -0.4 is 15.4 Å². The van der Waals surface area contributed by atoms with Gasteiger partial charge < -0.3 is 15.4 Å². The summed E-state index contributed by atoms with van der Waals surface area (Å²) in [5.74, 6) is -0.316. The number of alkyl halides is 3. The summed E-state index contributed by atoms with van der Waals surface area (Å²) in [5, 5.41) is 5.10. The van der Waals surface area contributed by atoms with Crippen LogP contribution in [0.2, 0.25) is 0 Å². The lowest BCUT2D eigenvalue weighted by molar-refractivity contribution is -0.274. The molecule has 1 aromatic carbocycles. The first-order chi connectivity index (χ1) is 9.40. The maximum absolute atomic E-state index is 12.1. The molecular formula is C13H15F3N2O2. The van der Waals surface area contributed by atoms with Crippen LogP contribution in [0.5, 0.6) is 5.75 Å². The molecule has 0 heterocycles. The quantitative estimate of drug-likeness (QED) is 0.624. The van der Waals surface area contributed by atoms with Crippen LogP contribution >= 0.6 is 0 Å². The molecule has 7 heteroatoms. The number of halogens is 3. The minimum Gasteiger partial charge on any atom is -0.406 e. The topological polar surface area (TPSA) is 50.4 Å². The van der Waals surface area contributed by atoms with Gasteiger partial charge in [0.1, 0.15) is 5.75 Å². The van der Waals surface area contributed by atoms with Crippen LogP contribution in [-0.4, -0.2) is 18.9 Å². The summed E-state index contributed by atoms with van der Waals surface area (Å²) < 4.78 is 39.9. The van der Waals surface area contributed by atoms with Crippen molar-refractivity contribution >= 4 is 6.03 Å². The van der Waals surface area contributed by atoms with Crippen LogP contribution in [0.25, 0.3) is 0 Å². The number of benzene rings is 1. The number of hydrogen-bond acceptors (Lipinski definition) is 2. The van der Waals surface area contributed by atoms with Crippen LogP contribution in [0, 0.1) is 0 Å². The van der Waals surface area contributed by atoms with E-state index in [0.717, 1.165) is 0 Å². The van der Waals surface area contributed by atoms with Crippen molar-refractivity contribution in [1.82, 2.24) is 10.6 Å². The van der Waals surface area contributed by atoms with E-state index in [0.29, 0.717) is 18.5 Å². The standard InChI is InChI=1S/C13H15F3N2O2/c1-2-3-7-17-12(19)18-9-10-5-4-6-11(8-10)20-13(14,15)16/h2,4-6,8H,1,3,7,9H2,(H2,17,18,19). The lowest BCUT2D eigenvalue weighted by Gasteiger charge is -2.11. The Labute approximate surface area is 114 Å². The maximum Gasteiger partial charge on any atom is 0.573 e. The molecule has 0 aliphatic carbocycles. The van der Waals surface area contributed by atoms with Gasteiger partial charge in [-0.05, 0) is 24.1 Å². The first-order valence-electron chi connectivity index (χ1n) is 5.88. The Bertz CT molecular complexity index is 461. The minimum atomic E-state index is -4.73. The molecule has 0 saturated heterocycles. The molecular weight excluding hydrogens is 273 g/mol. The Kier molecular flexibility index (Phi) is 5.89. The van der Waals surface area contributed by atoms with Gasteiger partial charge in [0.2, 0.25) is 0 Å². The first kappa shape index (κ1) is 15.9. The molecule has 0 aliphatic rings. The Balaban J connectivity index is 2.46. The Hall–Kier alpha value is -2.18. The van der Waals surface area contributed by atoms with Crippen molar-refractivity contribution in [2.24, 2.45) is 0 Å². The number of ether oxygens (including phenoxy) is 1. The minimum absolute atomic E-state index is 0.106. The number of hydrogen-bond donors (Lipinski definition) is 2. The molecule has 1 rings (SSSR count). The van der Waals surface area contributed by atoms with Crippen LogP contribution in [0.15, 0.2) is 36.9 Å². The van der Waals surface area contributed by atoms with Crippen molar-refractivity contribution in [1.29, 1.82) is 0 Å². The van der Waals surface area contributed by atoms with E-state index >= 15 is 0 Å². The van der Waals surface area contributed by atoms with Crippen molar-refractivity contribution in [3.05, 3.63) is 42.5 Å². The second-order valence-corrected chi connectivity index (χ2v) is 3.88. The molecule has 20 heavy (non-hydrogen) atoms. The summed E-state index contributed by atoms with van der Waals surface area (Å²) in [7, 11) is 0. The van der Waals surface area contributed by atoms with Crippen LogP contribution in [0.3, 0.4) is 0 Å². The van der Waals surface area contributed by atoms with E-state index in [1.807, 2.05) is 0 Å². The van der Waals surface area contributed by atoms with Gasteiger partial charge in [-0.2, -0.15) is 0 Å². The van der Waals surface area contributed by atoms with Crippen LogP contribution in [0.1, 0.15) is 12.0 Å². The SMILES string of the molecule is C=CCCNC(=O)NCc1cccc(OC(F)(F)F)c1. The number of nitrogens with one attached hydrogen (secondary N) is 2. The monoisotopic (exact) mass is 288 g/mol. The second kappa shape index (κ2) is 7.42. The number of carbonyl (C=O) groups excluding carboxylic acids is 1. The number of carbonyl (C=O) groups is 1. The highest BCUT2D eigenvalue weighted by Gasteiger charge is 2.31. The van der Waals surface area contributed by atoms with E-state index in [1.54, 1.807) is 12.1 Å². The van der Waals surface area contributed by atoms with Gasteiger partial charge in [0.15, 0.2) is 0 Å². The molecule has 0 spiro atoms. The summed E-state index contributed by atoms with van der Waals surface area (Å²) in [4.78, 5) is 11.3. The Morgan fingerprint density at radius 2 is 2.10 bits per heavy atom. The number of rotatable bonds is 6. The molecule has 2 amide bonds. The van der Waals surface area contributed by atoms with Gasteiger partial charge in [0.25, 0.3) is 0 Å². The summed E-state index contributed by atoms with van der Waals surface area (Å²) in [6.07, 6.45) is -2.42. The molecule has 0 bridgehead atoms. The molecule has 0 atom stereocenters. The highest BCUT2D eigenvalue weighted by Crippen LogP contribution is 2.23. The van der Waals surface area contributed by atoms with Gasteiger partial charge in [-0.25, -0.2) is 4.79 Å². The summed E-state index contributed by atoms with van der Waals surface area (Å²) in [6.45, 7) is 4.07. The van der Waals surface area contributed by atoms with E-state index in [4.69, 9.17) is 0 Å². The van der Waals surface area contributed by atoms with Crippen molar-refractivity contribution in [3.63, 3.8) is 0 Å². The van der Waals surface area contributed by atoms with Crippen molar-refractivity contribution in [3.8, 4) is 5.75 Å². The zero-order valence-corrected chi connectivity index (χ0v) is 10.7. The van der Waals surface area contributed by atoms with Crippen LogP contribution in [-0.2, 0) is 6.54 Å². The zero-order chi connectivity index (χ0) is 15.0. The highest BCUT2D eigenvalue weighted by molar-refractivity contribution is 5.73. The average Bonchev–Trinajstić information content (AvgIpc) is 2.35. The van der Waals surface area contributed by atoms with E-state index in [2.05, 4.69) is 21.9 Å². The van der Waals surface area contributed by atoms with Crippen LogP contribution in [0.4, 0.5) is 18.0 Å². The smallest absolute Gasteiger partial charge is 0.406 e. The lowest BCUT2D eigenvalue weighted by Crippen LogP contribution is -2.35. The van der Waals surface area contributed by atoms with Gasteiger partial charge in [0, 0.05) is 13.1 Å². The third-order valence-corrected chi connectivity index (χ3v) is 2.22. The summed E-state index contributed by atoms with van der Waals surface area (Å²) in [6, 6.07) is 5.04. The number of amides is 2. The molecule has 1 aromatic rings. The molecule has 0 aliphatic heterocycles. The fourth-order valence-corrected chi connectivity index (χ4v) is 1.39. The largest absolute Gasteiger partial charge is 0.573 e. The van der Waals surface area contributed by atoms with E-state index < -0.39 is 12.4 Å². The zero-order valence-electron chi connectivity index (χ0n) is 10.7. The normalized spacial score (nSPS) is 10.8. The molecule has 0 unspecified atom stereocenters. The highest BCUT2D eigenvalue weighted by atomic mass is 19.4. The van der Waals surface area contributed by atoms with Crippen molar-refractivity contribution in [2.75, 3.05) is 6.54 Å². The Morgan fingerprint density at radius 1 is 1.35 bits per heavy atom. The lowest BCUT2D eigenvalue weighted by atomic mass is 10.2. The third-order valence-electron chi connectivity index (χ3n) is 2.22. The second-order valence-electron chi connectivity index (χ2n) is 3.88. The Morgan fingerprint density at radius 3 is 2.75 bits per heavy atom. The number of urea groups is 1. The molecule has 110 valence electrons. The molecule has 0 fully saturated rings. The van der Waals surface area contributed by atoms with Crippen molar-refractivity contribution < 1.29 is 22.7 Å². The maximum atomic E-state index is 12.1. The fraction of sp³-hybridized carbons (Fsp3) is 0.308. The predicted octanol–water partition coefficient (Wildman–Crippen LogP) is 2.96. The van der Waals surface area contributed by atoms with E-state index in [9.17, 15) is 18.0 Å². The first-order valence-corrected chi connectivity index (χ1v) is 5.88. The van der Waals surface area contributed by atoms with Crippen molar-refractivity contribution in [2.45, 2.75) is 19.3 Å². The molecule has 0 saturated carbocycles. The average molecular weight is 288 g/mol. The molecule has 2 N–H and O–H groups in total. The fourth-order valence-electron chi connectivity index (χ4n) is 1.39. The van der Waals surface area contributed by atoms with E-state index in [1.165, 1.54) is 18.2 Å². The molecule has 4 nitrogen and oxygen atoms in total. The molecule has 0 aromatic heterocycles. The van der Waals surface area contributed by atoms with Gasteiger partial charge in [-0.1, -0.05) is 18.2 Å². The summed E-state index contributed by atoms with van der Waals surface area (Å²) >= 11 is 0. The van der Waals surface area contributed by atoms with Gasteiger partial charge in [-0.3, -0.25) is 0 Å². The predicted molar refractivity (Wildman–Crippen MR) is 68.2 cm³/mol. The molecule has 0 radical (unpaired) electrons. The van der Waals surface area contributed by atoms with E-state index in [-0.39, 0.29) is 12.3 Å². The van der Waals surface area contributed by atoms with Gasteiger partial charge in [0.05, 0.1) is 0 Å². The van der Waals surface area contributed by atoms with Gasteiger partial charge in [-0.15, -0.1) is 19.8 Å².